The highest BCUT2D eigenvalue weighted by Crippen LogP contribution is 2.29. The molecule has 13 heavy (non-hydrogen) atoms. The van der Waals surface area contributed by atoms with E-state index in [4.69, 9.17) is 4.84 Å². The number of rotatable bonds is 1. The molecule has 1 unspecified atom stereocenters. The van der Waals surface area contributed by atoms with Crippen molar-refractivity contribution in [2.45, 2.75) is 18.9 Å². The van der Waals surface area contributed by atoms with Gasteiger partial charge in [0.1, 0.15) is 5.82 Å². The van der Waals surface area contributed by atoms with Crippen LogP contribution in [0, 0.1) is 5.82 Å². The van der Waals surface area contributed by atoms with Crippen LogP contribution in [0.15, 0.2) is 24.3 Å². The molecule has 0 spiro atoms. The maximum atomic E-state index is 13.4. The number of hydrogen-bond acceptors (Lipinski definition) is 2. The highest BCUT2D eigenvalue weighted by molar-refractivity contribution is 5.25. The second-order valence-corrected chi connectivity index (χ2v) is 3.51. The summed E-state index contributed by atoms with van der Waals surface area (Å²) in [6.45, 7) is 2.57. The third-order valence-corrected chi connectivity index (χ3v) is 2.47. The molecule has 1 heterocycles. The molecule has 0 bridgehead atoms. The lowest BCUT2D eigenvalue weighted by Crippen LogP contribution is -2.33. The summed E-state index contributed by atoms with van der Waals surface area (Å²) >= 11 is 0. The molecule has 1 atom stereocenters. The predicted octanol–water partition coefficient (Wildman–Crippen LogP) is 1.97. The van der Waals surface area contributed by atoms with Gasteiger partial charge in [0.2, 0.25) is 0 Å². The van der Waals surface area contributed by atoms with Crippen LogP contribution in [0.1, 0.15) is 18.9 Å². The lowest BCUT2D eigenvalue weighted by molar-refractivity contribution is 0.0644. The van der Waals surface area contributed by atoms with Crippen molar-refractivity contribution in [1.82, 2.24) is 5.48 Å². The molecule has 0 aliphatic carbocycles. The van der Waals surface area contributed by atoms with Gasteiger partial charge in [0.05, 0.1) is 12.1 Å². The van der Waals surface area contributed by atoms with Gasteiger partial charge in [0, 0.05) is 5.56 Å². The number of hydrogen-bond donors (Lipinski definition) is 1. The average molecular weight is 181 g/mol. The van der Waals surface area contributed by atoms with Crippen LogP contribution in [0.3, 0.4) is 0 Å². The van der Waals surface area contributed by atoms with Gasteiger partial charge in [-0.1, -0.05) is 18.2 Å². The van der Waals surface area contributed by atoms with Crippen LogP contribution < -0.4 is 5.48 Å². The van der Waals surface area contributed by atoms with E-state index in [1.165, 1.54) is 6.07 Å². The highest BCUT2D eigenvalue weighted by Gasteiger charge is 2.33. The van der Waals surface area contributed by atoms with Crippen molar-refractivity contribution in [2.24, 2.45) is 0 Å². The monoisotopic (exact) mass is 181 g/mol. The Morgan fingerprint density at radius 2 is 2.23 bits per heavy atom. The Balaban J connectivity index is 2.39. The van der Waals surface area contributed by atoms with E-state index in [2.05, 4.69) is 5.48 Å². The molecule has 1 fully saturated rings. The summed E-state index contributed by atoms with van der Waals surface area (Å²) in [5.74, 6) is -0.178. The Labute approximate surface area is 76.7 Å². The molecule has 1 N–H and O–H groups in total. The maximum Gasteiger partial charge on any atom is 0.128 e. The minimum absolute atomic E-state index is 0.178. The summed E-state index contributed by atoms with van der Waals surface area (Å²) in [5.41, 5.74) is 3.15. The molecule has 3 heteroatoms. The molecule has 1 aromatic rings. The van der Waals surface area contributed by atoms with E-state index in [0.29, 0.717) is 12.2 Å². The quantitative estimate of drug-likeness (QED) is 0.715. The fourth-order valence-electron chi connectivity index (χ4n) is 1.61. The van der Waals surface area contributed by atoms with E-state index in [9.17, 15) is 4.39 Å². The smallest absolute Gasteiger partial charge is 0.128 e. The van der Waals surface area contributed by atoms with E-state index >= 15 is 0 Å². The van der Waals surface area contributed by atoms with Gasteiger partial charge in [-0.2, -0.15) is 5.48 Å². The fraction of sp³-hybridized carbons (Fsp3) is 0.400. The normalized spacial score (nSPS) is 27.8. The van der Waals surface area contributed by atoms with Gasteiger partial charge >= 0.3 is 0 Å². The zero-order valence-electron chi connectivity index (χ0n) is 7.51. The van der Waals surface area contributed by atoms with Crippen LogP contribution in [0.5, 0.6) is 0 Å². The van der Waals surface area contributed by atoms with Gasteiger partial charge in [-0.05, 0) is 19.4 Å². The molecule has 2 rings (SSSR count). The van der Waals surface area contributed by atoms with Gasteiger partial charge in [-0.3, -0.25) is 0 Å². The molecule has 1 aromatic carbocycles. The molecule has 0 aromatic heterocycles. The minimum Gasteiger partial charge on any atom is -0.301 e. The Morgan fingerprint density at radius 1 is 1.46 bits per heavy atom. The zero-order chi connectivity index (χ0) is 9.31. The fourth-order valence-corrected chi connectivity index (χ4v) is 1.61. The van der Waals surface area contributed by atoms with Crippen molar-refractivity contribution in [3.63, 3.8) is 0 Å². The molecule has 0 amide bonds. The Hall–Kier alpha value is -0.930. The van der Waals surface area contributed by atoms with Crippen molar-refractivity contribution < 1.29 is 9.23 Å². The van der Waals surface area contributed by atoms with Crippen LogP contribution in [-0.4, -0.2) is 6.61 Å². The van der Waals surface area contributed by atoms with Gasteiger partial charge in [-0.15, -0.1) is 0 Å². The SMILES string of the molecule is CC1(c2ccccc2F)CCON1. The molecule has 1 saturated heterocycles. The van der Waals surface area contributed by atoms with Crippen molar-refractivity contribution >= 4 is 0 Å². The van der Waals surface area contributed by atoms with E-state index < -0.39 is 0 Å². The van der Waals surface area contributed by atoms with Gasteiger partial charge in [-0.25, -0.2) is 4.39 Å². The average Bonchev–Trinajstić information content (AvgIpc) is 2.54. The molecule has 2 nitrogen and oxygen atoms in total. The lowest BCUT2D eigenvalue weighted by Gasteiger charge is -2.22. The van der Waals surface area contributed by atoms with E-state index in [0.717, 1.165) is 6.42 Å². The van der Waals surface area contributed by atoms with Crippen molar-refractivity contribution in [2.75, 3.05) is 6.61 Å². The van der Waals surface area contributed by atoms with Gasteiger partial charge < -0.3 is 4.84 Å². The topological polar surface area (TPSA) is 21.3 Å². The first kappa shape index (κ1) is 8.66. The third kappa shape index (κ3) is 1.45. The predicted molar refractivity (Wildman–Crippen MR) is 47.5 cm³/mol. The first-order valence-corrected chi connectivity index (χ1v) is 4.36. The van der Waals surface area contributed by atoms with Crippen molar-refractivity contribution in [3.8, 4) is 0 Å². The van der Waals surface area contributed by atoms with Crippen molar-refractivity contribution in [3.05, 3.63) is 35.6 Å². The summed E-state index contributed by atoms with van der Waals surface area (Å²) in [7, 11) is 0. The molecule has 70 valence electrons. The summed E-state index contributed by atoms with van der Waals surface area (Å²) < 4.78 is 13.4. The number of hydroxylamine groups is 1. The first-order chi connectivity index (χ1) is 6.22. The number of halogens is 1. The molecule has 1 aliphatic rings. The summed E-state index contributed by atoms with van der Waals surface area (Å²) in [6.07, 6.45) is 0.800. The van der Waals surface area contributed by atoms with E-state index in [1.54, 1.807) is 12.1 Å². The molecule has 1 aliphatic heterocycles. The summed E-state index contributed by atoms with van der Waals surface area (Å²) in [5, 5.41) is 0. The van der Waals surface area contributed by atoms with Crippen LogP contribution >= 0.6 is 0 Å². The molecular formula is C10H12FNO. The van der Waals surface area contributed by atoms with Crippen LogP contribution in [0.4, 0.5) is 4.39 Å². The number of benzene rings is 1. The van der Waals surface area contributed by atoms with Crippen LogP contribution in [-0.2, 0) is 10.4 Å². The zero-order valence-corrected chi connectivity index (χ0v) is 7.51. The molecular weight excluding hydrogens is 169 g/mol. The first-order valence-electron chi connectivity index (χ1n) is 4.36. The maximum absolute atomic E-state index is 13.4. The van der Waals surface area contributed by atoms with E-state index in [-0.39, 0.29) is 11.4 Å². The highest BCUT2D eigenvalue weighted by atomic mass is 19.1. The standard InChI is InChI=1S/C10H12FNO/c1-10(6-7-13-12-10)8-4-2-3-5-9(8)11/h2-5,12H,6-7H2,1H3. The minimum atomic E-state index is -0.370. The van der Waals surface area contributed by atoms with Gasteiger partial charge in [0.15, 0.2) is 0 Å². The van der Waals surface area contributed by atoms with E-state index in [1.807, 2.05) is 13.0 Å². The second kappa shape index (κ2) is 3.09. The van der Waals surface area contributed by atoms with Crippen molar-refractivity contribution in [1.29, 1.82) is 0 Å². The Kier molecular flexibility index (Phi) is 2.06. The lowest BCUT2D eigenvalue weighted by atomic mass is 9.90. The number of nitrogens with one attached hydrogen (secondary N) is 1. The van der Waals surface area contributed by atoms with Crippen LogP contribution in [0.25, 0.3) is 0 Å². The molecule has 0 saturated carbocycles. The van der Waals surface area contributed by atoms with Crippen LogP contribution in [0.2, 0.25) is 0 Å². The summed E-state index contributed by atoms with van der Waals surface area (Å²) in [6, 6.07) is 6.79. The Morgan fingerprint density at radius 3 is 2.85 bits per heavy atom. The largest absolute Gasteiger partial charge is 0.301 e. The van der Waals surface area contributed by atoms with Gasteiger partial charge in [0.25, 0.3) is 0 Å². The Bertz CT molecular complexity index is 308. The third-order valence-electron chi connectivity index (χ3n) is 2.47. The summed E-state index contributed by atoms with van der Waals surface area (Å²) in [4.78, 5) is 5.05. The molecule has 0 radical (unpaired) electrons. The second-order valence-electron chi connectivity index (χ2n) is 3.51.